The molecule has 0 fully saturated rings. The van der Waals surface area contributed by atoms with Crippen molar-refractivity contribution in [2.24, 2.45) is 5.92 Å². The van der Waals surface area contributed by atoms with Crippen LogP contribution in [0.25, 0.3) is 0 Å². The Morgan fingerprint density at radius 1 is 0.964 bits per heavy atom. The Morgan fingerprint density at radius 3 is 2.11 bits per heavy atom. The Labute approximate surface area is 176 Å². The van der Waals surface area contributed by atoms with Crippen molar-refractivity contribution in [3.63, 3.8) is 0 Å². The normalized spacial score (nSPS) is 11.9. The third-order valence-corrected chi connectivity index (χ3v) is 4.81. The molecule has 2 amide bonds. The van der Waals surface area contributed by atoms with Crippen LogP contribution >= 0.6 is 23.2 Å². The van der Waals surface area contributed by atoms with Crippen molar-refractivity contribution in [2.75, 3.05) is 6.54 Å². The Hall–Kier alpha value is -2.04. The van der Waals surface area contributed by atoms with Crippen molar-refractivity contribution >= 4 is 35.0 Å². The van der Waals surface area contributed by atoms with E-state index in [4.69, 9.17) is 23.2 Å². The van der Waals surface area contributed by atoms with Gasteiger partial charge in [0.2, 0.25) is 11.8 Å². The molecule has 2 aromatic rings. The van der Waals surface area contributed by atoms with Crippen LogP contribution in [-0.4, -0.2) is 29.3 Å². The van der Waals surface area contributed by atoms with Crippen molar-refractivity contribution < 1.29 is 9.59 Å². The van der Waals surface area contributed by atoms with E-state index in [1.807, 2.05) is 38.1 Å². The Kier molecular flexibility index (Phi) is 8.34. The van der Waals surface area contributed by atoms with Crippen molar-refractivity contribution in [2.45, 2.75) is 39.8 Å². The molecule has 0 saturated carbocycles. The third kappa shape index (κ3) is 6.84. The maximum Gasteiger partial charge on any atom is 0.242 e. The minimum absolute atomic E-state index is 0.144. The Bertz CT molecular complexity index is 824. The van der Waals surface area contributed by atoms with Crippen molar-refractivity contribution in [3.8, 4) is 0 Å². The van der Waals surface area contributed by atoms with Gasteiger partial charge in [0.15, 0.2) is 0 Å². The molecule has 2 aromatic carbocycles. The lowest BCUT2D eigenvalue weighted by Gasteiger charge is -2.29. The van der Waals surface area contributed by atoms with Gasteiger partial charge in [-0.05, 0) is 48.2 Å². The van der Waals surface area contributed by atoms with Gasteiger partial charge in [-0.25, -0.2) is 0 Å². The molecule has 2 rings (SSSR count). The number of carbonyl (C=O) groups is 2. The fraction of sp³-hybridized carbons (Fsp3) is 0.364. The van der Waals surface area contributed by atoms with Gasteiger partial charge in [-0.2, -0.15) is 0 Å². The van der Waals surface area contributed by atoms with Crippen LogP contribution in [0.3, 0.4) is 0 Å². The highest BCUT2D eigenvalue weighted by atomic mass is 35.5. The minimum Gasteiger partial charge on any atom is -0.354 e. The summed E-state index contributed by atoms with van der Waals surface area (Å²) < 4.78 is 0. The van der Waals surface area contributed by atoms with Crippen LogP contribution in [-0.2, 0) is 22.6 Å². The average molecular weight is 421 g/mol. The second-order valence-electron chi connectivity index (χ2n) is 7.27. The highest BCUT2D eigenvalue weighted by molar-refractivity contribution is 6.30. The summed E-state index contributed by atoms with van der Waals surface area (Å²) in [6.07, 6.45) is 0.170. The lowest BCUT2D eigenvalue weighted by molar-refractivity contribution is -0.140. The van der Waals surface area contributed by atoms with Gasteiger partial charge in [-0.15, -0.1) is 0 Å². The molecule has 0 aliphatic rings. The summed E-state index contributed by atoms with van der Waals surface area (Å²) in [5.74, 6) is 0.0179. The Balaban J connectivity index is 2.21. The molecule has 0 saturated heterocycles. The lowest BCUT2D eigenvalue weighted by Crippen LogP contribution is -2.48. The molecular weight excluding hydrogens is 395 g/mol. The van der Waals surface area contributed by atoms with Gasteiger partial charge in [-0.3, -0.25) is 9.59 Å². The van der Waals surface area contributed by atoms with Crippen LogP contribution in [0.4, 0.5) is 0 Å². The number of amides is 2. The summed E-state index contributed by atoms with van der Waals surface area (Å²) in [4.78, 5) is 27.3. The van der Waals surface area contributed by atoms with Crippen LogP contribution in [0.15, 0.2) is 48.5 Å². The van der Waals surface area contributed by atoms with Crippen LogP contribution in [0.1, 0.15) is 31.9 Å². The monoisotopic (exact) mass is 420 g/mol. The second kappa shape index (κ2) is 10.5. The molecule has 6 heteroatoms. The van der Waals surface area contributed by atoms with E-state index in [0.717, 1.165) is 11.1 Å². The second-order valence-corrected chi connectivity index (χ2v) is 8.15. The molecule has 1 unspecified atom stereocenters. The summed E-state index contributed by atoms with van der Waals surface area (Å²) in [5, 5.41) is 4.08. The van der Waals surface area contributed by atoms with E-state index >= 15 is 0 Å². The van der Waals surface area contributed by atoms with Crippen LogP contribution in [0.2, 0.25) is 10.0 Å². The van der Waals surface area contributed by atoms with Gasteiger partial charge in [0.25, 0.3) is 0 Å². The van der Waals surface area contributed by atoms with Crippen molar-refractivity contribution in [1.29, 1.82) is 0 Å². The zero-order chi connectivity index (χ0) is 20.7. The summed E-state index contributed by atoms with van der Waals surface area (Å²) in [6.45, 7) is 6.67. The van der Waals surface area contributed by atoms with E-state index in [1.54, 1.807) is 36.1 Å². The van der Waals surface area contributed by atoms with E-state index in [9.17, 15) is 9.59 Å². The van der Waals surface area contributed by atoms with Gasteiger partial charge < -0.3 is 10.2 Å². The number of halogens is 2. The van der Waals surface area contributed by atoms with Crippen LogP contribution in [0, 0.1) is 5.92 Å². The zero-order valence-corrected chi connectivity index (χ0v) is 17.9. The quantitative estimate of drug-likeness (QED) is 0.670. The summed E-state index contributed by atoms with van der Waals surface area (Å²) in [6, 6.07) is 13.9. The molecule has 0 bridgehead atoms. The smallest absolute Gasteiger partial charge is 0.242 e. The zero-order valence-electron chi connectivity index (χ0n) is 16.4. The van der Waals surface area contributed by atoms with Crippen LogP contribution < -0.4 is 5.32 Å². The molecule has 0 aliphatic heterocycles. The summed E-state index contributed by atoms with van der Waals surface area (Å²) >= 11 is 12.1. The number of nitrogens with zero attached hydrogens (tertiary/aromatic N) is 1. The van der Waals surface area contributed by atoms with E-state index in [2.05, 4.69) is 5.32 Å². The van der Waals surface area contributed by atoms with Gasteiger partial charge in [0, 0.05) is 23.1 Å². The predicted molar refractivity (Wildman–Crippen MR) is 114 cm³/mol. The highest BCUT2D eigenvalue weighted by Crippen LogP contribution is 2.17. The van der Waals surface area contributed by atoms with Crippen LogP contribution in [0.5, 0.6) is 0 Å². The van der Waals surface area contributed by atoms with Gasteiger partial charge in [0.1, 0.15) is 6.04 Å². The SMILES string of the molecule is CC(C)CNC(=O)C(C)N(Cc1cccc(Cl)c1)C(=O)Cc1cccc(Cl)c1. The fourth-order valence-electron chi connectivity index (χ4n) is 2.79. The van der Waals surface area contributed by atoms with Crippen molar-refractivity contribution in [3.05, 3.63) is 69.7 Å². The maximum atomic E-state index is 13.1. The summed E-state index contributed by atoms with van der Waals surface area (Å²) in [5.41, 5.74) is 1.68. The van der Waals surface area contributed by atoms with Crippen molar-refractivity contribution in [1.82, 2.24) is 10.2 Å². The Morgan fingerprint density at radius 2 is 1.54 bits per heavy atom. The molecule has 28 heavy (non-hydrogen) atoms. The number of benzene rings is 2. The van der Waals surface area contributed by atoms with E-state index in [-0.39, 0.29) is 18.2 Å². The predicted octanol–water partition coefficient (Wildman–Crippen LogP) is 4.73. The molecule has 0 heterocycles. The third-order valence-electron chi connectivity index (χ3n) is 4.34. The number of hydrogen-bond donors (Lipinski definition) is 1. The van der Waals surface area contributed by atoms with Gasteiger partial charge in [-0.1, -0.05) is 61.3 Å². The van der Waals surface area contributed by atoms with E-state index < -0.39 is 6.04 Å². The topological polar surface area (TPSA) is 49.4 Å². The van der Waals surface area contributed by atoms with Gasteiger partial charge in [0.05, 0.1) is 6.42 Å². The number of hydrogen-bond acceptors (Lipinski definition) is 2. The first-order valence-electron chi connectivity index (χ1n) is 9.32. The first kappa shape index (κ1) is 22.3. The fourth-order valence-corrected chi connectivity index (χ4v) is 3.22. The molecule has 0 spiro atoms. The first-order valence-corrected chi connectivity index (χ1v) is 10.1. The molecule has 150 valence electrons. The number of carbonyl (C=O) groups excluding carboxylic acids is 2. The standard InChI is InChI=1S/C22H26Cl2N2O2/c1-15(2)13-25-22(28)16(3)26(14-18-7-5-9-20(24)11-18)21(27)12-17-6-4-8-19(23)10-17/h4-11,15-16H,12-14H2,1-3H3,(H,25,28). The summed E-state index contributed by atoms with van der Waals surface area (Å²) in [7, 11) is 0. The molecule has 4 nitrogen and oxygen atoms in total. The molecule has 0 aliphatic carbocycles. The molecule has 0 radical (unpaired) electrons. The average Bonchev–Trinajstić information content (AvgIpc) is 2.63. The molecule has 1 atom stereocenters. The largest absolute Gasteiger partial charge is 0.354 e. The lowest BCUT2D eigenvalue weighted by atomic mass is 10.1. The molecular formula is C22H26Cl2N2O2. The van der Waals surface area contributed by atoms with E-state index in [1.165, 1.54) is 0 Å². The first-order chi connectivity index (χ1) is 13.3. The van der Waals surface area contributed by atoms with E-state index in [0.29, 0.717) is 29.1 Å². The maximum absolute atomic E-state index is 13.1. The molecule has 0 aromatic heterocycles. The minimum atomic E-state index is -0.607. The molecule has 1 N–H and O–H groups in total. The highest BCUT2D eigenvalue weighted by Gasteiger charge is 2.26. The number of nitrogens with one attached hydrogen (secondary N) is 1. The number of rotatable bonds is 8. The van der Waals surface area contributed by atoms with Gasteiger partial charge >= 0.3 is 0 Å².